The largest absolute Gasteiger partial charge is 0.504 e. The lowest BCUT2D eigenvalue weighted by Crippen LogP contribution is -2.15. The Balaban J connectivity index is 1.91. The Morgan fingerprint density at radius 2 is 1.93 bits per heavy atom. The van der Waals surface area contributed by atoms with Gasteiger partial charge in [-0.25, -0.2) is 9.07 Å². The maximum atomic E-state index is 13.7. The normalized spacial score (nSPS) is 11.3. The molecule has 3 aromatic rings. The van der Waals surface area contributed by atoms with Crippen LogP contribution in [-0.4, -0.2) is 27.9 Å². The van der Waals surface area contributed by atoms with Gasteiger partial charge in [0.05, 0.1) is 24.6 Å². The van der Waals surface area contributed by atoms with E-state index in [0.29, 0.717) is 0 Å². The fourth-order valence-corrected chi connectivity index (χ4v) is 2.50. The van der Waals surface area contributed by atoms with E-state index in [-0.39, 0.29) is 17.1 Å². The van der Waals surface area contributed by atoms with Gasteiger partial charge in [0.1, 0.15) is 0 Å². The minimum absolute atomic E-state index is 0.0334. The Morgan fingerprint density at radius 1 is 1.21 bits per heavy atom. The SMILES string of the molecule is COc1ccc(NC(=O)c2nn(-c3ccccc3C(F)(F)F)cc2O)cc1F. The molecule has 6 nitrogen and oxygen atoms in total. The lowest BCUT2D eigenvalue weighted by molar-refractivity contribution is -0.137. The Bertz CT molecular complexity index is 1030. The van der Waals surface area contributed by atoms with Gasteiger partial charge in [0.25, 0.3) is 5.91 Å². The number of anilines is 1. The van der Waals surface area contributed by atoms with Crippen LogP contribution in [0, 0.1) is 5.82 Å². The van der Waals surface area contributed by atoms with Crippen LogP contribution in [0.25, 0.3) is 5.69 Å². The van der Waals surface area contributed by atoms with Crippen LogP contribution in [0.3, 0.4) is 0 Å². The van der Waals surface area contributed by atoms with Crippen LogP contribution in [-0.2, 0) is 6.18 Å². The van der Waals surface area contributed by atoms with Gasteiger partial charge in [-0.2, -0.15) is 18.3 Å². The summed E-state index contributed by atoms with van der Waals surface area (Å²) < 4.78 is 58.7. The third kappa shape index (κ3) is 3.75. The third-order valence-corrected chi connectivity index (χ3v) is 3.78. The fourth-order valence-electron chi connectivity index (χ4n) is 2.50. The van der Waals surface area contributed by atoms with E-state index in [4.69, 9.17) is 4.74 Å². The van der Waals surface area contributed by atoms with E-state index in [1.54, 1.807) is 0 Å². The number of methoxy groups -OCH3 is 1. The van der Waals surface area contributed by atoms with Crippen LogP contribution in [0.4, 0.5) is 23.2 Å². The number of para-hydroxylation sites is 1. The molecular formula is C18H13F4N3O3. The van der Waals surface area contributed by atoms with Gasteiger partial charge >= 0.3 is 6.18 Å². The topological polar surface area (TPSA) is 76.4 Å². The highest BCUT2D eigenvalue weighted by molar-refractivity contribution is 6.04. The Labute approximate surface area is 156 Å². The van der Waals surface area contributed by atoms with Gasteiger partial charge in [-0.15, -0.1) is 0 Å². The molecule has 1 heterocycles. The first-order chi connectivity index (χ1) is 13.2. The summed E-state index contributed by atoms with van der Waals surface area (Å²) in [4.78, 5) is 12.3. The van der Waals surface area contributed by atoms with Crippen LogP contribution in [0.15, 0.2) is 48.7 Å². The Hall–Kier alpha value is -3.56. The molecule has 146 valence electrons. The average Bonchev–Trinajstić information content (AvgIpc) is 3.03. The van der Waals surface area contributed by atoms with Gasteiger partial charge in [-0.3, -0.25) is 4.79 Å². The average molecular weight is 395 g/mol. The molecule has 2 aromatic carbocycles. The molecule has 10 heteroatoms. The molecule has 0 atom stereocenters. The van der Waals surface area contributed by atoms with E-state index in [9.17, 15) is 27.5 Å². The van der Waals surface area contributed by atoms with Crippen molar-refractivity contribution in [3.05, 3.63) is 65.7 Å². The number of aromatic hydroxyl groups is 1. The van der Waals surface area contributed by atoms with Gasteiger partial charge in [-0.05, 0) is 24.3 Å². The van der Waals surface area contributed by atoms with Crippen molar-refractivity contribution in [1.29, 1.82) is 0 Å². The van der Waals surface area contributed by atoms with Crippen molar-refractivity contribution in [1.82, 2.24) is 9.78 Å². The minimum Gasteiger partial charge on any atom is -0.504 e. The lowest BCUT2D eigenvalue weighted by atomic mass is 10.2. The molecule has 3 rings (SSSR count). The number of benzene rings is 2. The van der Waals surface area contributed by atoms with Gasteiger partial charge in [-0.1, -0.05) is 12.1 Å². The van der Waals surface area contributed by atoms with E-state index in [1.807, 2.05) is 0 Å². The molecule has 0 aliphatic carbocycles. The summed E-state index contributed by atoms with van der Waals surface area (Å²) >= 11 is 0. The number of nitrogens with one attached hydrogen (secondary N) is 1. The van der Waals surface area contributed by atoms with Crippen molar-refractivity contribution in [3.63, 3.8) is 0 Å². The van der Waals surface area contributed by atoms with Crippen molar-refractivity contribution >= 4 is 11.6 Å². The fraction of sp³-hybridized carbons (Fsp3) is 0.111. The quantitative estimate of drug-likeness (QED) is 0.655. The highest BCUT2D eigenvalue weighted by atomic mass is 19.4. The second kappa shape index (κ2) is 7.22. The molecule has 0 spiro atoms. The molecule has 0 bridgehead atoms. The molecule has 0 saturated heterocycles. The first-order valence-corrected chi connectivity index (χ1v) is 7.81. The van der Waals surface area contributed by atoms with Crippen LogP contribution < -0.4 is 10.1 Å². The van der Waals surface area contributed by atoms with Crippen LogP contribution in [0.1, 0.15) is 16.1 Å². The highest BCUT2D eigenvalue weighted by Gasteiger charge is 2.34. The molecule has 0 saturated carbocycles. The standard InChI is InChI=1S/C18H13F4N3O3/c1-28-15-7-6-10(8-12(15)19)23-17(27)16-14(26)9-25(24-16)13-5-3-2-4-11(13)18(20,21)22/h2-9,26H,1H3,(H,23,27). The van der Waals surface area contributed by atoms with Gasteiger partial charge in [0, 0.05) is 11.8 Å². The molecule has 1 aromatic heterocycles. The molecule has 0 aliphatic rings. The number of carbonyl (C=O) groups is 1. The summed E-state index contributed by atoms with van der Waals surface area (Å²) in [5.41, 5.74) is -1.82. The molecule has 2 N–H and O–H groups in total. The maximum absolute atomic E-state index is 13.7. The summed E-state index contributed by atoms with van der Waals surface area (Å²) in [6, 6.07) is 8.20. The molecule has 28 heavy (non-hydrogen) atoms. The molecular weight excluding hydrogens is 382 g/mol. The maximum Gasteiger partial charge on any atom is 0.418 e. The zero-order valence-corrected chi connectivity index (χ0v) is 14.3. The predicted octanol–water partition coefficient (Wildman–Crippen LogP) is 4.00. The highest BCUT2D eigenvalue weighted by Crippen LogP contribution is 2.34. The third-order valence-electron chi connectivity index (χ3n) is 3.78. The number of halogens is 4. The molecule has 0 aliphatic heterocycles. The second-order valence-corrected chi connectivity index (χ2v) is 5.63. The number of hydrogen-bond donors (Lipinski definition) is 2. The summed E-state index contributed by atoms with van der Waals surface area (Å²) in [7, 11) is 1.28. The zero-order valence-electron chi connectivity index (χ0n) is 14.3. The lowest BCUT2D eigenvalue weighted by Gasteiger charge is -2.12. The van der Waals surface area contributed by atoms with Crippen LogP contribution in [0.2, 0.25) is 0 Å². The summed E-state index contributed by atoms with van der Waals surface area (Å²) in [6.45, 7) is 0. The van der Waals surface area contributed by atoms with E-state index >= 15 is 0 Å². The first kappa shape index (κ1) is 19.2. The number of alkyl halides is 3. The van der Waals surface area contributed by atoms with Crippen molar-refractivity contribution in [3.8, 4) is 17.2 Å². The van der Waals surface area contributed by atoms with Crippen molar-refractivity contribution in [2.24, 2.45) is 0 Å². The molecule has 1 amide bonds. The van der Waals surface area contributed by atoms with E-state index in [1.165, 1.54) is 31.4 Å². The van der Waals surface area contributed by atoms with E-state index in [2.05, 4.69) is 10.4 Å². The van der Waals surface area contributed by atoms with E-state index in [0.717, 1.165) is 29.1 Å². The summed E-state index contributed by atoms with van der Waals surface area (Å²) in [6.07, 6.45) is -3.77. The number of rotatable bonds is 4. The number of hydrogen-bond acceptors (Lipinski definition) is 4. The van der Waals surface area contributed by atoms with Crippen molar-refractivity contribution in [2.45, 2.75) is 6.18 Å². The Morgan fingerprint density at radius 3 is 2.57 bits per heavy atom. The minimum atomic E-state index is -4.65. The van der Waals surface area contributed by atoms with Gasteiger partial charge in [0.15, 0.2) is 23.0 Å². The summed E-state index contributed by atoms with van der Waals surface area (Å²) in [5, 5.41) is 16.0. The molecule has 0 radical (unpaired) electrons. The number of ether oxygens (including phenoxy) is 1. The predicted molar refractivity (Wildman–Crippen MR) is 91.1 cm³/mol. The monoisotopic (exact) mass is 395 g/mol. The van der Waals surface area contributed by atoms with Gasteiger partial charge in [0.2, 0.25) is 0 Å². The number of nitrogens with zero attached hydrogens (tertiary/aromatic N) is 2. The first-order valence-electron chi connectivity index (χ1n) is 7.81. The Kier molecular flexibility index (Phi) is 4.95. The molecule has 0 unspecified atom stereocenters. The summed E-state index contributed by atoms with van der Waals surface area (Å²) in [5.74, 6) is -2.32. The second-order valence-electron chi connectivity index (χ2n) is 5.63. The van der Waals surface area contributed by atoms with E-state index < -0.39 is 34.9 Å². The number of amides is 1. The molecule has 0 fully saturated rings. The van der Waals surface area contributed by atoms with Crippen LogP contribution >= 0.6 is 0 Å². The smallest absolute Gasteiger partial charge is 0.418 e. The zero-order chi connectivity index (χ0) is 20.5. The number of aromatic nitrogens is 2. The number of carbonyl (C=O) groups excluding carboxylic acids is 1. The van der Waals surface area contributed by atoms with Gasteiger partial charge < -0.3 is 15.2 Å². The van der Waals surface area contributed by atoms with Crippen molar-refractivity contribution in [2.75, 3.05) is 12.4 Å². The van der Waals surface area contributed by atoms with Crippen molar-refractivity contribution < 1.29 is 32.2 Å². The van der Waals surface area contributed by atoms with Crippen LogP contribution in [0.5, 0.6) is 11.5 Å².